The predicted octanol–water partition coefficient (Wildman–Crippen LogP) is 1.96. The molecule has 0 spiro atoms. The molecule has 1 rings (SSSR count). The number of carboxylic acid groups (broad SMARTS) is 1. The Morgan fingerprint density at radius 3 is 2.71 bits per heavy atom. The molecule has 0 heterocycles. The first-order chi connectivity index (χ1) is 6.49. The van der Waals surface area contributed by atoms with Crippen LogP contribution < -0.4 is 0 Å². The molecule has 14 heavy (non-hydrogen) atoms. The lowest BCUT2D eigenvalue weighted by atomic mass is 9.84. The third-order valence-electron chi connectivity index (χ3n) is 2.90. The molecule has 0 aromatic rings. The van der Waals surface area contributed by atoms with E-state index in [4.69, 9.17) is 5.11 Å². The van der Waals surface area contributed by atoms with Crippen molar-refractivity contribution >= 4 is 5.97 Å². The lowest BCUT2D eigenvalue weighted by Crippen LogP contribution is -2.39. The molecule has 0 saturated carbocycles. The summed E-state index contributed by atoms with van der Waals surface area (Å²) in [4.78, 5) is 11.0. The molecule has 0 aromatic heterocycles. The average Bonchev–Trinajstić information content (AvgIpc) is 2.42. The van der Waals surface area contributed by atoms with E-state index >= 15 is 0 Å². The molecule has 0 aliphatic heterocycles. The Bertz CT molecular complexity index is 257. The van der Waals surface area contributed by atoms with Crippen LogP contribution in [-0.4, -0.2) is 21.8 Å². The fourth-order valence-corrected chi connectivity index (χ4v) is 2.12. The molecule has 0 fully saturated rings. The Labute approximate surface area is 84.4 Å². The van der Waals surface area contributed by atoms with Crippen LogP contribution in [0.25, 0.3) is 0 Å². The molecule has 3 heteroatoms. The molecule has 0 bridgehead atoms. The highest BCUT2D eigenvalue weighted by Crippen LogP contribution is 2.36. The van der Waals surface area contributed by atoms with Crippen LogP contribution in [0.4, 0.5) is 0 Å². The van der Waals surface area contributed by atoms with Crippen LogP contribution in [0.1, 0.15) is 39.5 Å². The monoisotopic (exact) mass is 198 g/mol. The molecule has 1 aliphatic carbocycles. The zero-order valence-corrected chi connectivity index (χ0v) is 8.79. The topological polar surface area (TPSA) is 57.5 Å². The predicted molar refractivity (Wildman–Crippen MR) is 54.0 cm³/mol. The maximum absolute atomic E-state index is 11.0. The summed E-state index contributed by atoms with van der Waals surface area (Å²) in [6.45, 7) is 3.87. The van der Waals surface area contributed by atoms with Gasteiger partial charge >= 0.3 is 5.97 Å². The highest BCUT2D eigenvalue weighted by molar-refractivity contribution is 5.72. The Balaban J connectivity index is 2.82. The zero-order chi connectivity index (χ0) is 10.8. The molecule has 2 atom stereocenters. The molecular weight excluding hydrogens is 180 g/mol. The van der Waals surface area contributed by atoms with Crippen LogP contribution in [0.15, 0.2) is 11.6 Å². The van der Waals surface area contributed by atoms with Crippen LogP contribution in [-0.2, 0) is 4.79 Å². The maximum Gasteiger partial charge on any atom is 0.309 e. The van der Waals surface area contributed by atoms with Gasteiger partial charge in [-0.15, -0.1) is 0 Å². The van der Waals surface area contributed by atoms with E-state index in [-0.39, 0.29) is 0 Å². The summed E-state index contributed by atoms with van der Waals surface area (Å²) in [6, 6.07) is 0. The minimum absolute atomic E-state index is 0.537. The molecule has 0 radical (unpaired) electrons. The van der Waals surface area contributed by atoms with Crippen molar-refractivity contribution in [1.29, 1.82) is 0 Å². The van der Waals surface area contributed by atoms with E-state index in [1.807, 2.05) is 13.8 Å². The van der Waals surface area contributed by atoms with Crippen molar-refractivity contribution in [2.75, 3.05) is 0 Å². The molecule has 3 nitrogen and oxygen atoms in total. The molecule has 1 aliphatic rings. The second-order valence-electron chi connectivity index (χ2n) is 4.16. The lowest BCUT2D eigenvalue weighted by molar-refractivity contribution is -0.149. The first-order valence-corrected chi connectivity index (χ1v) is 5.13. The van der Waals surface area contributed by atoms with E-state index in [9.17, 15) is 9.90 Å². The Morgan fingerprint density at radius 1 is 1.71 bits per heavy atom. The first-order valence-electron chi connectivity index (χ1n) is 5.13. The van der Waals surface area contributed by atoms with E-state index in [0.29, 0.717) is 12.8 Å². The normalized spacial score (nSPS) is 28.6. The third-order valence-corrected chi connectivity index (χ3v) is 2.90. The molecule has 0 amide bonds. The standard InChI is InChI=1S/C11H18O3/c1-3-4-9(10(12)13)11(14)6-5-8(2)7-11/h7,9,14H,3-6H2,1-2H3,(H,12,13). The average molecular weight is 198 g/mol. The second kappa shape index (κ2) is 4.13. The SMILES string of the molecule is CCCC(C(=O)O)C1(O)C=C(C)CC1. The molecule has 2 N–H and O–H groups in total. The van der Waals surface area contributed by atoms with Gasteiger partial charge in [0.15, 0.2) is 0 Å². The lowest BCUT2D eigenvalue weighted by Gasteiger charge is -2.27. The highest BCUT2D eigenvalue weighted by Gasteiger charge is 2.41. The van der Waals surface area contributed by atoms with Gasteiger partial charge in [0, 0.05) is 0 Å². The quantitative estimate of drug-likeness (QED) is 0.679. The van der Waals surface area contributed by atoms with Crippen molar-refractivity contribution in [2.24, 2.45) is 5.92 Å². The van der Waals surface area contributed by atoms with Gasteiger partial charge in [0.25, 0.3) is 0 Å². The van der Waals surface area contributed by atoms with Crippen molar-refractivity contribution in [1.82, 2.24) is 0 Å². The number of rotatable bonds is 4. The number of allylic oxidation sites excluding steroid dienone is 1. The van der Waals surface area contributed by atoms with Crippen molar-refractivity contribution in [3.63, 3.8) is 0 Å². The first kappa shape index (κ1) is 11.2. The highest BCUT2D eigenvalue weighted by atomic mass is 16.4. The molecule has 0 aromatic carbocycles. The van der Waals surface area contributed by atoms with E-state index < -0.39 is 17.5 Å². The molecule has 80 valence electrons. The summed E-state index contributed by atoms with van der Waals surface area (Å²) in [5, 5.41) is 19.2. The summed E-state index contributed by atoms with van der Waals surface area (Å²) in [5.41, 5.74) is -0.0128. The Morgan fingerprint density at radius 2 is 2.36 bits per heavy atom. The van der Waals surface area contributed by atoms with Gasteiger partial charge in [-0.25, -0.2) is 0 Å². The number of carboxylic acids is 1. The van der Waals surface area contributed by atoms with E-state index in [2.05, 4.69) is 0 Å². The second-order valence-corrected chi connectivity index (χ2v) is 4.16. The van der Waals surface area contributed by atoms with Crippen molar-refractivity contribution in [2.45, 2.75) is 45.1 Å². The minimum Gasteiger partial charge on any atom is -0.481 e. The smallest absolute Gasteiger partial charge is 0.309 e. The fourth-order valence-electron chi connectivity index (χ4n) is 2.12. The number of hydrogen-bond acceptors (Lipinski definition) is 2. The van der Waals surface area contributed by atoms with Crippen LogP contribution in [0.2, 0.25) is 0 Å². The van der Waals surface area contributed by atoms with E-state index in [1.54, 1.807) is 6.08 Å². The number of hydrogen-bond donors (Lipinski definition) is 2. The van der Waals surface area contributed by atoms with Gasteiger partial charge in [-0.3, -0.25) is 4.79 Å². The van der Waals surface area contributed by atoms with Crippen LogP contribution >= 0.6 is 0 Å². The van der Waals surface area contributed by atoms with Crippen molar-refractivity contribution in [3.05, 3.63) is 11.6 Å². The largest absolute Gasteiger partial charge is 0.481 e. The molecule has 2 unspecified atom stereocenters. The van der Waals surface area contributed by atoms with Gasteiger partial charge in [-0.2, -0.15) is 0 Å². The Kier molecular flexibility index (Phi) is 3.32. The fraction of sp³-hybridized carbons (Fsp3) is 0.727. The number of aliphatic carboxylic acids is 1. The van der Waals surface area contributed by atoms with E-state index in [0.717, 1.165) is 18.4 Å². The summed E-state index contributed by atoms with van der Waals surface area (Å²) < 4.78 is 0. The molecule has 0 saturated heterocycles. The summed E-state index contributed by atoms with van der Waals surface area (Å²) in [7, 11) is 0. The van der Waals surface area contributed by atoms with Crippen molar-refractivity contribution < 1.29 is 15.0 Å². The van der Waals surface area contributed by atoms with Crippen molar-refractivity contribution in [3.8, 4) is 0 Å². The van der Waals surface area contributed by atoms with Gasteiger partial charge in [-0.1, -0.05) is 25.0 Å². The van der Waals surface area contributed by atoms with Crippen LogP contribution in [0.5, 0.6) is 0 Å². The Hall–Kier alpha value is -0.830. The van der Waals surface area contributed by atoms with Gasteiger partial charge < -0.3 is 10.2 Å². The summed E-state index contributed by atoms with van der Waals surface area (Å²) in [5.74, 6) is -1.54. The van der Waals surface area contributed by atoms with Crippen LogP contribution in [0, 0.1) is 5.92 Å². The van der Waals surface area contributed by atoms with Gasteiger partial charge in [0.05, 0.1) is 11.5 Å². The van der Waals surface area contributed by atoms with Gasteiger partial charge in [-0.05, 0) is 26.2 Å². The van der Waals surface area contributed by atoms with Crippen LogP contribution in [0.3, 0.4) is 0 Å². The number of aliphatic hydroxyl groups is 1. The third kappa shape index (κ3) is 2.15. The zero-order valence-electron chi connectivity index (χ0n) is 8.79. The van der Waals surface area contributed by atoms with E-state index in [1.165, 1.54) is 0 Å². The maximum atomic E-state index is 11.0. The summed E-state index contributed by atoms with van der Waals surface area (Å²) in [6.07, 6.45) is 4.41. The summed E-state index contributed by atoms with van der Waals surface area (Å²) >= 11 is 0. The van der Waals surface area contributed by atoms with Gasteiger partial charge in [0.2, 0.25) is 0 Å². The molecular formula is C11H18O3. The van der Waals surface area contributed by atoms with Gasteiger partial charge in [0.1, 0.15) is 0 Å². The number of carbonyl (C=O) groups is 1. The minimum atomic E-state index is -1.11.